The van der Waals surface area contributed by atoms with Crippen molar-refractivity contribution in [3.8, 4) is 0 Å². The van der Waals surface area contributed by atoms with Crippen LogP contribution in [0.4, 0.5) is 0 Å². The van der Waals surface area contributed by atoms with Gasteiger partial charge in [0.2, 0.25) is 5.89 Å². The Hall–Kier alpha value is -1.39. The Bertz CT molecular complexity index is 453. The van der Waals surface area contributed by atoms with Crippen molar-refractivity contribution in [3.05, 3.63) is 46.6 Å². The fraction of sp³-hybridized carbons (Fsp3) is 0.273. The molecule has 1 aromatic carbocycles. The van der Waals surface area contributed by atoms with Crippen LogP contribution in [0.5, 0.6) is 0 Å². The van der Waals surface area contributed by atoms with Crippen molar-refractivity contribution >= 4 is 11.6 Å². The maximum absolute atomic E-state index is 8.71. The number of hydrogen-bond donors (Lipinski definition) is 1. The Morgan fingerprint density at radius 1 is 1.25 bits per heavy atom. The molecule has 2 aromatic rings. The van der Waals surface area contributed by atoms with Gasteiger partial charge in [-0.25, -0.2) is 0 Å². The van der Waals surface area contributed by atoms with Gasteiger partial charge < -0.3 is 9.63 Å². The van der Waals surface area contributed by atoms with Gasteiger partial charge in [-0.1, -0.05) is 28.9 Å². The lowest BCUT2D eigenvalue weighted by Crippen LogP contribution is -1.93. The van der Waals surface area contributed by atoms with E-state index >= 15 is 0 Å². The van der Waals surface area contributed by atoms with E-state index in [9.17, 15) is 0 Å². The van der Waals surface area contributed by atoms with Gasteiger partial charge in [0.1, 0.15) is 0 Å². The van der Waals surface area contributed by atoms with Gasteiger partial charge in [-0.2, -0.15) is 4.98 Å². The van der Waals surface area contributed by atoms with Crippen LogP contribution >= 0.6 is 11.6 Å². The monoisotopic (exact) mass is 238 g/mol. The van der Waals surface area contributed by atoms with E-state index in [0.717, 1.165) is 5.56 Å². The van der Waals surface area contributed by atoms with E-state index in [-0.39, 0.29) is 6.61 Å². The molecule has 16 heavy (non-hydrogen) atoms. The summed E-state index contributed by atoms with van der Waals surface area (Å²) in [6, 6.07) is 7.47. The first-order valence-electron chi connectivity index (χ1n) is 4.94. The average Bonchev–Trinajstić information content (AvgIpc) is 2.70. The summed E-state index contributed by atoms with van der Waals surface area (Å²) in [6.45, 7) is 0.0277. The van der Waals surface area contributed by atoms with Crippen molar-refractivity contribution in [2.24, 2.45) is 0 Å². The SMILES string of the molecule is OCCc1noc(Cc2ccc(Cl)cc2)n1. The van der Waals surface area contributed by atoms with Crippen LogP contribution in [0.1, 0.15) is 17.3 Å². The summed E-state index contributed by atoms with van der Waals surface area (Å²) in [6.07, 6.45) is 1.000. The van der Waals surface area contributed by atoms with Crippen LogP contribution in [0, 0.1) is 0 Å². The first-order chi connectivity index (χ1) is 7.78. The van der Waals surface area contributed by atoms with Gasteiger partial charge in [-0.3, -0.25) is 0 Å². The molecule has 2 rings (SSSR count). The van der Waals surface area contributed by atoms with Gasteiger partial charge in [-0.15, -0.1) is 0 Å². The summed E-state index contributed by atoms with van der Waals surface area (Å²) < 4.78 is 5.05. The number of nitrogens with zero attached hydrogens (tertiary/aromatic N) is 2. The van der Waals surface area contributed by atoms with Gasteiger partial charge in [0, 0.05) is 11.4 Å². The summed E-state index contributed by atoms with van der Waals surface area (Å²) in [7, 11) is 0. The lowest BCUT2D eigenvalue weighted by Gasteiger charge is -1.95. The van der Waals surface area contributed by atoms with Crippen molar-refractivity contribution in [2.75, 3.05) is 6.61 Å². The molecule has 5 heteroatoms. The van der Waals surface area contributed by atoms with E-state index in [1.54, 1.807) is 0 Å². The molecule has 1 heterocycles. The summed E-state index contributed by atoms with van der Waals surface area (Å²) in [4.78, 5) is 4.15. The Morgan fingerprint density at radius 2 is 2.00 bits per heavy atom. The van der Waals surface area contributed by atoms with Crippen LogP contribution in [-0.2, 0) is 12.8 Å². The molecule has 0 aliphatic rings. The molecule has 0 fully saturated rings. The Labute approximate surface area is 97.9 Å². The molecule has 0 unspecified atom stereocenters. The van der Waals surface area contributed by atoms with Crippen molar-refractivity contribution < 1.29 is 9.63 Å². The lowest BCUT2D eigenvalue weighted by atomic mass is 10.1. The summed E-state index contributed by atoms with van der Waals surface area (Å²) in [5, 5.41) is 13.2. The normalized spacial score (nSPS) is 10.6. The summed E-state index contributed by atoms with van der Waals surface area (Å²) in [5.41, 5.74) is 1.06. The van der Waals surface area contributed by atoms with E-state index in [4.69, 9.17) is 21.2 Å². The third kappa shape index (κ3) is 2.81. The standard InChI is InChI=1S/C11H11ClN2O2/c12-9-3-1-8(2-4-9)7-11-13-10(5-6-15)14-16-11/h1-4,15H,5-7H2. The van der Waals surface area contributed by atoms with Gasteiger partial charge in [0.15, 0.2) is 5.82 Å². The third-order valence-corrected chi connectivity index (χ3v) is 2.37. The number of benzene rings is 1. The van der Waals surface area contributed by atoms with Crippen molar-refractivity contribution in [3.63, 3.8) is 0 Å². The second-order valence-corrected chi connectivity index (χ2v) is 3.82. The Morgan fingerprint density at radius 3 is 2.69 bits per heavy atom. The van der Waals surface area contributed by atoms with Crippen LogP contribution in [-0.4, -0.2) is 21.9 Å². The molecule has 0 amide bonds. The molecular formula is C11H11ClN2O2. The predicted octanol–water partition coefficient (Wildman–Crippen LogP) is 1.85. The quantitative estimate of drug-likeness (QED) is 0.883. The van der Waals surface area contributed by atoms with E-state index in [1.165, 1.54) is 0 Å². The Kier molecular flexibility index (Phi) is 3.54. The van der Waals surface area contributed by atoms with Gasteiger partial charge in [-0.05, 0) is 17.7 Å². The molecule has 0 saturated carbocycles. The van der Waals surface area contributed by atoms with E-state index in [0.29, 0.717) is 29.6 Å². The predicted molar refractivity (Wildman–Crippen MR) is 59.3 cm³/mol. The number of rotatable bonds is 4. The fourth-order valence-electron chi connectivity index (χ4n) is 1.34. The molecule has 0 bridgehead atoms. The molecular weight excluding hydrogens is 228 g/mol. The topological polar surface area (TPSA) is 59.2 Å². The second kappa shape index (κ2) is 5.09. The highest BCUT2D eigenvalue weighted by molar-refractivity contribution is 6.30. The zero-order valence-corrected chi connectivity index (χ0v) is 9.31. The second-order valence-electron chi connectivity index (χ2n) is 3.38. The van der Waals surface area contributed by atoms with E-state index < -0.39 is 0 Å². The number of aliphatic hydroxyl groups is 1. The van der Waals surface area contributed by atoms with Crippen molar-refractivity contribution in [2.45, 2.75) is 12.8 Å². The molecule has 0 aliphatic heterocycles. The minimum absolute atomic E-state index is 0.0277. The first-order valence-corrected chi connectivity index (χ1v) is 5.32. The number of halogens is 1. The van der Waals surface area contributed by atoms with Crippen LogP contribution in [0.25, 0.3) is 0 Å². The third-order valence-electron chi connectivity index (χ3n) is 2.11. The summed E-state index contributed by atoms with van der Waals surface area (Å²) >= 11 is 5.78. The number of aliphatic hydroxyl groups excluding tert-OH is 1. The number of hydrogen-bond acceptors (Lipinski definition) is 4. The highest BCUT2D eigenvalue weighted by atomic mass is 35.5. The maximum atomic E-state index is 8.71. The number of aromatic nitrogens is 2. The van der Waals surface area contributed by atoms with Gasteiger partial charge in [0.25, 0.3) is 0 Å². The first kappa shape index (κ1) is 11.1. The highest BCUT2D eigenvalue weighted by Gasteiger charge is 2.06. The Balaban J connectivity index is 2.05. The molecule has 0 spiro atoms. The molecule has 0 radical (unpaired) electrons. The van der Waals surface area contributed by atoms with Gasteiger partial charge >= 0.3 is 0 Å². The van der Waals surface area contributed by atoms with E-state index in [2.05, 4.69) is 10.1 Å². The van der Waals surface area contributed by atoms with Crippen molar-refractivity contribution in [1.82, 2.24) is 10.1 Å². The largest absolute Gasteiger partial charge is 0.396 e. The van der Waals surface area contributed by atoms with E-state index in [1.807, 2.05) is 24.3 Å². The molecule has 0 saturated heterocycles. The molecule has 84 valence electrons. The molecule has 1 aromatic heterocycles. The summed E-state index contributed by atoms with van der Waals surface area (Å²) in [5.74, 6) is 1.08. The highest BCUT2D eigenvalue weighted by Crippen LogP contribution is 2.12. The lowest BCUT2D eigenvalue weighted by molar-refractivity contribution is 0.293. The molecule has 4 nitrogen and oxygen atoms in total. The minimum Gasteiger partial charge on any atom is -0.396 e. The van der Waals surface area contributed by atoms with Crippen LogP contribution < -0.4 is 0 Å². The minimum atomic E-state index is 0.0277. The van der Waals surface area contributed by atoms with Crippen LogP contribution in [0.3, 0.4) is 0 Å². The smallest absolute Gasteiger partial charge is 0.231 e. The van der Waals surface area contributed by atoms with Crippen molar-refractivity contribution in [1.29, 1.82) is 0 Å². The molecule has 0 aliphatic carbocycles. The molecule has 1 N–H and O–H groups in total. The fourth-order valence-corrected chi connectivity index (χ4v) is 1.47. The van der Waals surface area contributed by atoms with Gasteiger partial charge in [0.05, 0.1) is 13.0 Å². The average molecular weight is 239 g/mol. The maximum Gasteiger partial charge on any atom is 0.231 e. The zero-order chi connectivity index (χ0) is 11.4. The molecule has 0 atom stereocenters. The zero-order valence-electron chi connectivity index (χ0n) is 8.56. The van der Waals surface area contributed by atoms with Crippen LogP contribution in [0.2, 0.25) is 5.02 Å². The van der Waals surface area contributed by atoms with Crippen LogP contribution in [0.15, 0.2) is 28.8 Å².